The average molecular weight is 262 g/mol. The zero-order valence-corrected chi connectivity index (χ0v) is 11.6. The van der Waals surface area contributed by atoms with Crippen molar-refractivity contribution in [1.82, 2.24) is 14.6 Å². The molecular weight excluding hydrogens is 244 g/mol. The number of nitrogens with zero attached hydrogens (tertiary/aromatic N) is 3. The Hall–Kier alpha value is -2.11. The summed E-state index contributed by atoms with van der Waals surface area (Å²) >= 11 is 0. The van der Waals surface area contributed by atoms with Gasteiger partial charge in [-0.2, -0.15) is 9.61 Å². The van der Waals surface area contributed by atoms with Crippen molar-refractivity contribution in [1.29, 1.82) is 0 Å². The smallest absolute Gasteiger partial charge is 0.354 e. The Morgan fingerprint density at radius 2 is 2.11 bits per heavy atom. The molecule has 0 atom stereocenters. The summed E-state index contributed by atoms with van der Waals surface area (Å²) in [6.45, 7) is 8.01. The summed E-state index contributed by atoms with van der Waals surface area (Å²) in [4.78, 5) is 15.2. The molecule has 2 N–H and O–H groups in total. The number of anilines is 1. The Morgan fingerprint density at radius 3 is 2.63 bits per heavy atom. The summed E-state index contributed by atoms with van der Waals surface area (Å²) in [5, 5.41) is 16.8. The van der Waals surface area contributed by atoms with Crippen LogP contribution in [-0.2, 0) is 6.42 Å². The van der Waals surface area contributed by atoms with Gasteiger partial charge < -0.3 is 10.4 Å². The van der Waals surface area contributed by atoms with Crippen molar-refractivity contribution in [3.63, 3.8) is 0 Å². The molecule has 2 rings (SSSR count). The van der Waals surface area contributed by atoms with Gasteiger partial charge >= 0.3 is 5.97 Å². The number of hydrogen-bond donors (Lipinski definition) is 2. The number of carboxylic acid groups (broad SMARTS) is 1. The monoisotopic (exact) mass is 262 g/mol. The molecule has 0 aliphatic carbocycles. The topological polar surface area (TPSA) is 79.5 Å². The van der Waals surface area contributed by atoms with E-state index in [2.05, 4.69) is 15.4 Å². The van der Waals surface area contributed by atoms with Gasteiger partial charge in [-0.25, -0.2) is 9.78 Å². The van der Waals surface area contributed by atoms with Crippen molar-refractivity contribution in [3.8, 4) is 0 Å². The van der Waals surface area contributed by atoms with Crippen LogP contribution in [0.5, 0.6) is 0 Å². The molecular formula is C13H18N4O2. The molecule has 0 saturated carbocycles. The fourth-order valence-electron chi connectivity index (χ4n) is 1.78. The summed E-state index contributed by atoms with van der Waals surface area (Å²) in [6.07, 6.45) is 0.778. The number of carbonyl (C=O) groups is 1. The van der Waals surface area contributed by atoms with Gasteiger partial charge in [0.1, 0.15) is 5.82 Å². The maximum Gasteiger partial charge on any atom is 0.354 e. The Labute approximate surface area is 111 Å². The SMILES string of the molecule is CCc1cc2nc(C(=O)O)cc(NC(C)(C)C)n2n1. The van der Waals surface area contributed by atoms with Gasteiger partial charge in [-0.1, -0.05) is 6.92 Å². The number of nitrogens with one attached hydrogen (secondary N) is 1. The number of aromatic carboxylic acids is 1. The van der Waals surface area contributed by atoms with E-state index < -0.39 is 5.97 Å². The van der Waals surface area contributed by atoms with Crippen molar-refractivity contribution in [3.05, 3.63) is 23.5 Å². The van der Waals surface area contributed by atoms with Crippen LogP contribution >= 0.6 is 0 Å². The van der Waals surface area contributed by atoms with Crippen LogP contribution in [0.3, 0.4) is 0 Å². The Morgan fingerprint density at radius 1 is 1.42 bits per heavy atom. The van der Waals surface area contributed by atoms with Gasteiger partial charge in [-0.05, 0) is 27.2 Å². The van der Waals surface area contributed by atoms with E-state index in [0.29, 0.717) is 11.5 Å². The van der Waals surface area contributed by atoms with Crippen molar-refractivity contribution < 1.29 is 9.90 Å². The molecule has 0 amide bonds. The largest absolute Gasteiger partial charge is 0.477 e. The zero-order chi connectivity index (χ0) is 14.2. The van der Waals surface area contributed by atoms with E-state index in [-0.39, 0.29) is 11.2 Å². The summed E-state index contributed by atoms with van der Waals surface area (Å²) in [5.41, 5.74) is 1.25. The van der Waals surface area contributed by atoms with E-state index in [0.717, 1.165) is 12.1 Å². The van der Waals surface area contributed by atoms with Crippen LogP contribution in [0.2, 0.25) is 0 Å². The number of fused-ring (bicyclic) bond motifs is 1. The molecule has 6 nitrogen and oxygen atoms in total. The van der Waals surface area contributed by atoms with Crippen LogP contribution in [0, 0.1) is 0 Å². The molecule has 0 aliphatic heterocycles. The molecule has 19 heavy (non-hydrogen) atoms. The van der Waals surface area contributed by atoms with Crippen LogP contribution in [-0.4, -0.2) is 31.2 Å². The molecule has 0 aliphatic rings. The first kappa shape index (κ1) is 13.3. The first-order chi connectivity index (χ1) is 8.80. The molecule has 0 unspecified atom stereocenters. The summed E-state index contributed by atoms with van der Waals surface area (Å²) in [6, 6.07) is 3.31. The highest BCUT2D eigenvalue weighted by Gasteiger charge is 2.17. The first-order valence-electron chi connectivity index (χ1n) is 6.21. The van der Waals surface area contributed by atoms with Gasteiger partial charge in [-0.3, -0.25) is 0 Å². The lowest BCUT2D eigenvalue weighted by Crippen LogP contribution is -2.28. The predicted molar refractivity (Wildman–Crippen MR) is 72.7 cm³/mol. The minimum Gasteiger partial charge on any atom is -0.477 e. The van der Waals surface area contributed by atoms with Crippen molar-refractivity contribution in [2.75, 3.05) is 5.32 Å². The van der Waals surface area contributed by atoms with E-state index in [1.807, 2.05) is 27.7 Å². The van der Waals surface area contributed by atoms with Crippen LogP contribution in [0.25, 0.3) is 5.65 Å². The average Bonchev–Trinajstić information content (AvgIpc) is 2.69. The summed E-state index contributed by atoms with van der Waals surface area (Å²) in [5.74, 6) is -0.409. The van der Waals surface area contributed by atoms with E-state index in [1.165, 1.54) is 6.07 Å². The Bertz CT molecular complexity index is 625. The second kappa shape index (κ2) is 4.53. The molecule has 0 saturated heterocycles. The lowest BCUT2D eigenvalue weighted by atomic mass is 10.1. The number of carboxylic acids is 1. The minimum atomic E-state index is -1.04. The highest BCUT2D eigenvalue weighted by molar-refractivity contribution is 5.87. The molecule has 0 bridgehead atoms. The van der Waals surface area contributed by atoms with Crippen LogP contribution in [0.15, 0.2) is 12.1 Å². The molecule has 0 radical (unpaired) electrons. The number of hydrogen-bond acceptors (Lipinski definition) is 4. The van der Waals surface area contributed by atoms with E-state index in [4.69, 9.17) is 5.11 Å². The lowest BCUT2D eigenvalue weighted by Gasteiger charge is -2.22. The third-order valence-electron chi connectivity index (χ3n) is 2.56. The number of aryl methyl sites for hydroxylation is 1. The second-order valence-corrected chi connectivity index (χ2v) is 5.47. The molecule has 102 valence electrons. The van der Waals surface area contributed by atoms with Crippen LogP contribution in [0.1, 0.15) is 43.9 Å². The predicted octanol–water partition coefficient (Wildman–Crippen LogP) is 2.20. The van der Waals surface area contributed by atoms with Gasteiger partial charge in [0, 0.05) is 17.7 Å². The van der Waals surface area contributed by atoms with Gasteiger partial charge in [0.2, 0.25) is 0 Å². The molecule has 2 heterocycles. The quantitative estimate of drug-likeness (QED) is 0.886. The Balaban J connectivity index is 2.63. The third-order valence-corrected chi connectivity index (χ3v) is 2.56. The van der Waals surface area contributed by atoms with Crippen molar-refractivity contribution in [2.45, 2.75) is 39.7 Å². The van der Waals surface area contributed by atoms with Gasteiger partial charge in [0.25, 0.3) is 0 Å². The van der Waals surface area contributed by atoms with Gasteiger partial charge in [0.15, 0.2) is 11.3 Å². The fraction of sp³-hybridized carbons (Fsp3) is 0.462. The molecule has 2 aromatic heterocycles. The van der Waals surface area contributed by atoms with Crippen LogP contribution in [0.4, 0.5) is 5.82 Å². The minimum absolute atomic E-state index is 0.0156. The Kier molecular flexibility index (Phi) is 3.18. The van der Waals surface area contributed by atoms with Gasteiger partial charge in [-0.15, -0.1) is 0 Å². The van der Waals surface area contributed by atoms with E-state index >= 15 is 0 Å². The highest BCUT2D eigenvalue weighted by atomic mass is 16.4. The maximum atomic E-state index is 11.1. The molecule has 6 heteroatoms. The van der Waals surface area contributed by atoms with Crippen molar-refractivity contribution >= 4 is 17.4 Å². The molecule has 2 aromatic rings. The molecule has 0 fully saturated rings. The molecule has 0 spiro atoms. The first-order valence-corrected chi connectivity index (χ1v) is 6.21. The number of aromatic nitrogens is 3. The summed E-state index contributed by atoms with van der Waals surface area (Å²) in [7, 11) is 0. The van der Waals surface area contributed by atoms with Crippen molar-refractivity contribution in [2.24, 2.45) is 0 Å². The maximum absolute atomic E-state index is 11.1. The van der Waals surface area contributed by atoms with E-state index in [9.17, 15) is 4.79 Å². The zero-order valence-electron chi connectivity index (χ0n) is 11.6. The van der Waals surface area contributed by atoms with Crippen LogP contribution < -0.4 is 5.32 Å². The third kappa shape index (κ3) is 2.83. The highest BCUT2D eigenvalue weighted by Crippen LogP contribution is 2.18. The fourth-order valence-corrected chi connectivity index (χ4v) is 1.78. The normalized spacial score (nSPS) is 11.8. The molecule has 0 aromatic carbocycles. The second-order valence-electron chi connectivity index (χ2n) is 5.47. The van der Waals surface area contributed by atoms with E-state index in [1.54, 1.807) is 10.6 Å². The number of rotatable bonds is 3. The standard InChI is InChI=1S/C13H18N4O2/c1-5-8-6-10-14-9(12(18)19)7-11(17(10)16-8)15-13(2,3)4/h6-7,15H,5H2,1-4H3,(H,18,19). The lowest BCUT2D eigenvalue weighted by molar-refractivity contribution is 0.0690. The summed E-state index contributed by atoms with van der Waals surface area (Å²) < 4.78 is 1.65. The van der Waals surface area contributed by atoms with Gasteiger partial charge in [0.05, 0.1) is 5.69 Å².